The number of guanidine groups is 1. The van der Waals surface area contributed by atoms with Gasteiger partial charge in [0.05, 0.1) is 0 Å². The molecule has 4 rings (SSSR count). The Morgan fingerprint density at radius 2 is 1.97 bits per heavy atom. The Hall–Kier alpha value is -3.32. The molecular formula is C22H25N5O2. The van der Waals surface area contributed by atoms with Crippen LogP contribution >= 0.6 is 0 Å². The highest BCUT2D eigenvalue weighted by molar-refractivity contribution is 6.06. The summed E-state index contributed by atoms with van der Waals surface area (Å²) >= 11 is 0. The molecule has 0 radical (unpaired) electrons. The van der Waals surface area contributed by atoms with Gasteiger partial charge in [-0.3, -0.25) is 20.0 Å². The minimum Gasteiger partial charge on any atom is -0.457 e. The summed E-state index contributed by atoms with van der Waals surface area (Å²) in [4.78, 5) is 21.5. The molecule has 29 heavy (non-hydrogen) atoms. The van der Waals surface area contributed by atoms with Crippen LogP contribution in [0.2, 0.25) is 0 Å². The number of nitrogens with two attached hydrogens (primary N) is 1. The molecule has 1 aromatic heterocycles. The fourth-order valence-corrected chi connectivity index (χ4v) is 3.57. The Bertz CT molecular complexity index is 1050. The summed E-state index contributed by atoms with van der Waals surface area (Å²) in [5, 5.41) is 3.43. The maximum atomic E-state index is 12.2. The number of amides is 1. The van der Waals surface area contributed by atoms with Crippen LogP contribution in [-0.4, -0.2) is 41.9 Å². The smallest absolute Gasteiger partial charge is 0.274 e. The zero-order valence-corrected chi connectivity index (χ0v) is 16.4. The van der Waals surface area contributed by atoms with Crippen molar-refractivity contribution in [3.8, 4) is 11.5 Å². The number of carbonyl (C=O) groups is 1. The fraction of sp³-hybridized carbons (Fsp3) is 0.273. The number of hydrogen-bond donors (Lipinski definition) is 3. The molecule has 0 unspecified atom stereocenters. The first-order valence-corrected chi connectivity index (χ1v) is 9.76. The van der Waals surface area contributed by atoms with Crippen LogP contribution in [0.4, 0.5) is 0 Å². The second-order valence-electron chi connectivity index (χ2n) is 7.23. The van der Waals surface area contributed by atoms with Crippen LogP contribution in [0.3, 0.4) is 0 Å². The first-order chi connectivity index (χ1) is 14.1. The van der Waals surface area contributed by atoms with Gasteiger partial charge < -0.3 is 15.5 Å². The highest BCUT2D eigenvalue weighted by Crippen LogP contribution is 2.27. The lowest BCUT2D eigenvalue weighted by Gasteiger charge is -2.15. The first-order valence-electron chi connectivity index (χ1n) is 9.76. The lowest BCUT2D eigenvalue weighted by atomic mass is 10.2. The van der Waals surface area contributed by atoms with Crippen molar-refractivity contribution in [2.75, 3.05) is 20.1 Å². The minimum absolute atomic E-state index is 0.0755. The van der Waals surface area contributed by atoms with Gasteiger partial charge in [0, 0.05) is 30.6 Å². The van der Waals surface area contributed by atoms with Gasteiger partial charge in [-0.05, 0) is 61.8 Å². The van der Waals surface area contributed by atoms with E-state index in [2.05, 4.69) is 32.3 Å². The summed E-state index contributed by atoms with van der Waals surface area (Å²) in [6, 6.07) is 15.7. The van der Waals surface area contributed by atoms with Gasteiger partial charge in [0.2, 0.25) is 0 Å². The largest absolute Gasteiger partial charge is 0.457 e. The van der Waals surface area contributed by atoms with E-state index in [0.29, 0.717) is 11.4 Å². The van der Waals surface area contributed by atoms with Crippen molar-refractivity contribution in [1.29, 1.82) is 0 Å². The first kappa shape index (κ1) is 19.0. The Morgan fingerprint density at radius 1 is 1.17 bits per heavy atom. The minimum atomic E-state index is -0.332. The molecule has 4 N–H and O–H groups in total. The molecule has 1 aliphatic heterocycles. The Labute approximate surface area is 169 Å². The zero-order valence-electron chi connectivity index (χ0n) is 16.4. The van der Waals surface area contributed by atoms with Crippen molar-refractivity contribution in [3.63, 3.8) is 0 Å². The number of aromatic nitrogens is 1. The summed E-state index contributed by atoms with van der Waals surface area (Å²) in [7, 11) is 1.52. The van der Waals surface area contributed by atoms with Crippen molar-refractivity contribution in [2.45, 2.75) is 19.4 Å². The lowest BCUT2D eigenvalue weighted by molar-refractivity contribution is 0.0972. The number of carbonyl (C=O) groups excluding carboxylic acids is 1. The van der Waals surface area contributed by atoms with Crippen molar-refractivity contribution in [1.82, 2.24) is 15.2 Å². The molecule has 1 aliphatic rings. The summed E-state index contributed by atoms with van der Waals surface area (Å²) in [5.41, 5.74) is 8.04. The van der Waals surface area contributed by atoms with E-state index in [1.807, 2.05) is 30.3 Å². The molecule has 7 nitrogen and oxygen atoms in total. The Balaban J connectivity index is 1.49. The van der Waals surface area contributed by atoms with Crippen LogP contribution in [0.25, 0.3) is 10.9 Å². The second-order valence-corrected chi connectivity index (χ2v) is 7.23. The maximum Gasteiger partial charge on any atom is 0.274 e. The number of nitrogens with one attached hydrogen (secondary N) is 2. The molecule has 1 fully saturated rings. The van der Waals surface area contributed by atoms with Crippen molar-refractivity contribution in [2.24, 2.45) is 10.7 Å². The highest BCUT2D eigenvalue weighted by atomic mass is 16.5. The zero-order chi connectivity index (χ0) is 20.2. The molecule has 0 atom stereocenters. The predicted octanol–water partition coefficient (Wildman–Crippen LogP) is 3.23. The van der Waals surface area contributed by atoms with Crippen LogP contribution in [-0.2, 0) is 6.54 Å². The third-order valence-electron chi connectivity index (χ3n) is 5.06. The quantitative estimate of drug-likeness (QED) is 0.460. The topological polar surface area (TPSA) is 95.7 Å². The SMILES string of the molecule is CN=C(N)NC(=O)c1cc2ccc(Oc3cccc(CN4CCCC4)c3)cc2[nH]1. The van der Waals surface area contributed by atoms with E-state index in [1.165, 1.54) is 38.5 Å². The second kappa shape index (κ2) is 8.36. The molecule has 1 amide bonds. The van der Waals surface area contributed by atoms with Gasteiger partial charge in [0.15, 0.2) is 5.96 Å². The molecule has 2 heterocycles. The van der Waals surface area contributed by atoms with Crippen molar-refractivity contribution >= 4 is 22.8 Å². The van der Waals surface area contributed by atoms with Gasteiger partial charge in [-0.1, -0.05) is 12.1 Å². The third-order valence-corrected chi connectivity index (χ3v) is 5.06. The van der Waals surface area contributed by atoms with Gasteiger partial charge in [0.1, 0.15) is 17.2 Å². The maximum absolute atomic E-state index is 12.2. The van der Waals surface area contributed by atoms with Crippen LogP contribution < -0.4 is 15.8 Å². The number of hydrogen-bond acceptors (Lipinski definition) is 4. The number of fused-ring (bicyclic) bond motifs is 1. The number of aromatic amines is 1. The molecule has 0 spiro atoms. The third kappa shape index (κ3) is 4.57. The molecule has 150 valence electrons. The number of nitrogens with zero attached hydrogens (tertiary/aromatic N) is 2. The predicted molar refractivity (Wildman–Crippen MR) is 114 cm³/mol. The molecule has 0 saturated carbocycles. The highest BCUT2D eigenvalue weighted by Gasteiger charge is 2.13. The van der Waals surface area contributed by atoms with Gasteiger partial charge in [-0.15, -0.1) is 0 Å². The number of likely N-dealkylation sites (tertiary alicyclic amines) is 1. The number of H-pyrrole nitrogens is 1. The number of rotatable bonds is 5. The summed E-state index contributed by atoms with van der Waals surface area (Å²) < 4.78 is 6.07. The van der Waals surface area contributed by atoms with E-state index in [9.17, 15) is 4.79 Å². The van der Waals surface area contributed by atoms with Crippen molar-refractivity contribution in [3.05, 3.63) is 59.8 Å². The fourth-order valence-electron chi connectivity index (χ4n) is 3.57. The van der Waals surface area contributed by atoms with E-state index >= 15 is 0 Å². The monoisotopic (exact) mass is 391 g/mol. The number of benzene rings is 2. The summed E-state index contributed by atoms with van der Waals surface area (Å²) in [6.45, 7) is 3.29. The molecule has 3 aromatic rings. The summed E-state index contributed by atoms with van der Waals surface area (Å²) in [5.74, 6) is 1.25. The molecule has 0 bridgehead atoms. The van der Waals surface area contributed by atoms with Gasteiger partial charge in [-0.2, -0.15) is 0 Å². The van der Waals surface area contributed by atoms with E-state index in [0.717, 1.165) is 23.2 Å². The number of aliphatic imine (C=N–C) groups is 1. The lowest BCUT2D eigenvalue weighted by Crippen LogP contribution is -2.36. The van der Waals surface area contributed by atoms with E-state index in [4.69, 9.17) is 10.5 Å². The molecule has 1 saturated heterocycles. The molecular weight excluding hydrogens is 366 g/mol. The van der Waals surface area contributed by atoms with Gasteiger partial charge in [0.25, 0.3) is 5.91 Å². The Kier molecular flexibility index (Phi) is 5.48. The van der Waals surface area contributed by atoms with E-state index in [-0.39, 0.29) is 11.9 Å². The standard InChI is InChI=1S/C22H25N5O2/c1-24-22(23)26-21(28)20-12-16-7-8-18(13-19(16)25-20)29-17-6-4-5-15(11-17)14-27-9-2-3-10-27/h4-8,11-13,25H,2-3,9-10,14H2,1H3,(H3,23,24,26,28). The normalized spacial score (nSPS) is 15.0. The van der Waals surface area contributed by atoms with Crippen LogP contribution in [0.15, 0.2) is 53.5 Å². The van der Waals surface area contributed by atoms with Crippen molar-refractivity contribution < 1.29 is 9.53 Å². The van der Waals surface area contributed by atoms with Gasteiger partial charge in [-0.25, -0.2) is 0 Å². The molecule has 7 heteroatoms. The average molecular weight is 391 g/mol. The van der Waals surface area contributed by atoms with Crippen LogP contribution in [0.1, 0.15) is 28.9 Å². The number of ether oxygens (including phenoxy) is 1. The average Bonchev–Trinajstić information content (AvgIpc) is 3.37. The summed E-state index contributed by atoms with van der Waals surface area (Å²) in [6.07, 6.45) is 2.56. The van der Waals surface area contributed by atoms with Crippen LogP contribution in [0.5, 0.6) is 11.5 Å². The van der Waals surface area contributed by atoms with Crippen LogP contribution in [0, 0.1) is 0 Å². The Morgan fingerprint density at radius 3 is 2.76 bits per heavy atom. The van der Waals surface area contributed by atoms with Gasteiger partial charge >= 0.3 is 0 Å². The molecule has 2 aromatic carbocycles. The van der Waals surface area contributed by atoms with E-state index < -0.39 is 0 Å². The molecule has 0 aliphatic carbocycles. The van der Waals surface area contributed by atoms with E-state index in [1.54, 1.807) is 6.07 Å².